The number of carbonyl (C=O) groups is 2. The fraction of sp³-hybridized carbons (Fsp3) is 0.136. The molecule has 1 amide bonds. The van der Waals surface area contributed by atoms with Crippen molar-refractivity contribution in [3.8, 4) is 0 Å². The molecular formula is C22H19ClN2O4. The number of ether oxygens (including phenoxy) is 1. The second-order valence-electron chi connectivity index (χ2n) is 6.23. The lowest BCUT2D eigenvalue weighted by molar-refractivity contribution is 0.0526. The fourth-order valence-corrected chi connectivity index (χ4v) is 2.85. The minimum atomic E-state index is -0.524. The smallest absolute Gasteiger partial charge is 0.338 e. The summed E-state index contributed by atoms with van der Waals surface area (Å²) >= 11 is 5.89. The molecule has 0 fully saturated rings. The maximum atomic E-state index is 12.7. The lowest BCUT2D eigenvalue weighted by Gasteiger charge is -2.09. The molecule has 1 heterocycles. The lowest BCUT2D eigenvalue weighted by atomic mass is 10.2. The Hall–Kier alpha value is -3.38. The van der Waals surface area contributed by atoms with Crippen molar-refractivity contribution in [1.82, 2.24) is 4.57 Å². The second-order valence-corrected chi connectivity index (χ2v) is 6.67. The molecule has 7 heteroatoms. The third-order valence-corrected chi connectivity index (χ3v) is 4.44. The summed E-state index contributed by atoms with van der Waals surface area (Å²) in [5.41, 5.74) is 1.37. The molecule has 0 aliphatic rings. The highest BCUT2D eigenvalue weighted by molar-refractivity contribution is 6.30. The van der Waals surface area contributed by atoms with Crippen LogP contribution >= 0.6 is 11.6 Å². The Morgan fingerprint density at radius 2 is 1.72 bits per heavy atom. The summed E-state index contributed by atoms with van der Waals surface area (Å²) in [6.45, 7) is 2.34. The quantitative estimate of drug-likeness (QED) is 0.623. The van der Waals surface area contributed by atoms with Crippen molar-refractivity contribution >= 4 is 29.2 Å². The maximum absolute atomic E-state index is 12.7. The zero-order valence-electron chi connectivity index (χ0n) is 15.7. The van der Waals surface area contributed by atoms with Crippen molar-refractivity contribution in [3.05, 3.63) is 98.9 Å². The number of esters is 1. The Labute approximate surface area is 172 Å². The molecule has 0 unspecified atom stereocenters. The van der Waals surface area contributed by atoms with E-state index in [9.17, 15) is 14.4 Å². The van der Waals surface area contributed by atoms with E-state index in [1.165, 1.54) is 10.6 Å². The van der Waals surface area contributed by atoms with Crippen LogP contribution in [-0.4, -0.2) is 23.1 Å². The normalized spacial score (nSPS) is 10.4. The average Bonchev–Trinajstić information content (AvgIpc) is 2.72. The standard InChI is InChI=1S/C22H19ClN2O4/c1-2-29-22(28)16-7-11-18(12-8-16)24-20(26)19-4-3-13-25(21(19)27)14-15-5-9-17(23)10-6-15/h3-13H,2,14H2,1H3,(H,24,26). The van der Waals surface area contributed by atoms with Gasteiger partial charge in [-0.25, -0.2) is 4.79 Å². The predicted molar refractivity (Wildman–Crippen MR) is 112 cm³/mol. The fourth-order valence-electron chi connectivity index (χ4n) is 2.72. The molecule has 0 radical (unpaired) electrons. The van der Waals surface area contributed by atoms with Crippen LogP contribution in [0.2, 0.25) is 5.02 Å². The van der Waals surface area contributed by atoms with Crippen LogP contribution in [0, 0.1) is 0 Å². The minimum Gasteiger partial charge on any atom is -0.462 e. The van der Waals surface area contributed by atoms with Gasteiger partial charge in [0.1, 0.15) is 5.56 Å². The minimum absolute atomic E-state index is 0.0240. The van der Waals surface area contributed by atoms with E-state index in [-0.39, 0.29) is 12.2 Å². The van der Waals surface area contributed by atoms with Crippen molar-refractivity contribution in [2.24, 2.45) is 0 Å². The van der Waals surface area contributed by atoms with Crippen molar-refractivity contribution in [1.29, 1.82) is 0 Å². The summed E-state index contributed by atoms with van der Waals surface area (Å²) in [5, 5.41) is 3.29. The Kier molecular flexibility index (Phi) is 6.46. The lowest BCUT2D eigenvalue weighted by Crippen LogP contribution is -2.29. The molecule has 1 aromatic heterocycles. The highest BCUT2D eigenvalue weighted by Crippen LogP contribution is 2.13. The predicted octanol–water partition coefficient (Wildman–Crippen LogP) is 3.98. The van der Waals surface area contributed by atoms with Gasteiger partial charge < -0.3 is 14.6 Å². The molecule has 3 aromatic rings. The number of hydrogen-bond acceptors (Lipinski definition) is 4. The number of aromatic nitrogens is 1. The number of nitrogens with one attached hydrogen (secondary N) is 1. The SMILES string of the molecule is CCOC(=O)c1ccc(NC(=O)c2cccn(Cc3ccc(Cl)cc3)c2=O)cc1. The van der Waals surface area contributed by atoms with Gasteiger partial charge in [0.2, 0.25) is 0 Å². The molecule has 0 saturated heterocycles. The first-order chi connectivity index (χ1) is 14.0. The van der Waals surface area contributed by atoms with Crippen LogP contribution in [0.3, 0.4) is 0 Å². The number of nitrogens with zero attached hydrogens (tertiary/aromatic N) is 1. The Balaban J connectivity index is 1.75. The van der Waals surface area contributed by atoms with E-state index >= 15 is 0 Å². The number of halogens is 1. The van der Waals surface area contributed by atoms with Crippen LogP contribution in [0.15, 0.2) is 71.7 Å². The zero-order chi connectivity index (χ0) is 20.8. The number of pyridine rings is 1. The van der Waals surface area contributed by atoms with Gasteiger partial charge in [-0.2, -0.15) is 0 Å². The largest absolute Gasteiger partial charge is 0.462 e. The van der Waals surface area contributed by atoms with E-state index in [1.807, 2.05) is 12.1 Å². The molecule has 1 N–H and O–H groups in total. The molecule has 29 heavy (non-hydrogen) atoms. The Bertz CT molecular complexity index is 1070. The highest BCUT2D eigenvalue weighted by Gasteiger charge is 2.13. The molecular weight excluding hydrogens is 392 g/mol. The number of hydrogen-bond donors (Lipinski definition) is 1. The second kappa shape index (κ2) is 9.21. The third-order valence-electron chi connectivity index (χ3n) is 4.18. The molecule has 3 rings (SSSR count). The summed E-state index contributed by atoms with van der Waals surface area (Å²) in [7, 11) is 0. The van der Waals surface area contributed by atoms with Crippen LogP contribution in [0.1, 0.15) is 33.2 Å². The van der Waals surface area contributed by atoms with Gasteiger partial charge in [-0.15, -0.1) is 0 Å². The average molecular weight is 411 g/mol. The Morgan fingerprint density at radius 3 is 2.38 bits per heavy atom. The van der Waals surface area contributed by atoms with Gasteiger partial charge >= 0.3 is 5.97 Å². The molecule has 0 atom stereocenters. The van der Waals surface area contributed by atoms with Gasteiger partial charge in [0, 0.05) is 16.9 Å². The molecule has 0 aliphatic heterocycles. The number of amides is 1. The van der Waals surface area contributed by atoms with Gasteiger partial charge in [0.25, 0.3) is 11.5 Å². The molecule has 148 valence electrons. The van der Waals surface area contributed by atoms with Crippen molar-refractivity contribution < 1.29 is 14.3 Å². The van der Waals surface area contributed by atoms with E-state index in [4.69, 9.17) is 16.3 Å². The van der Waals surface area contributed by atoms with Gasteiger partial charge in [0.05, 0.1) is 18.7 Å². The first kappa shape index (κ1) is 20.4. The monoisotopic (exact) mass is 410 g/mol. The molecule has 0 bridgehead atoms. The van der Waals surface area contributed by atoms with Gasteiger partial charge in [0.15, 0.2) is 0 Å². The van der Waals surface area contributed by atoms with Crippen LogP contribution in [0.25, 0.3) is 0 Å². The number of carbonyl (C=O) groups excluding carboxylic acids is 2. The molecule has 0 saturated carbocycles. The molecule has 2 aromatic carbocycles. The van der Waals surface area contributed by atoms with E-state index in [1.54, 1.807) is 55.6 Å². The zero-order valence-corrected chi connectivity index (χ0v) is 16.5. The first-order valence-electron chi connectivity index (χ1n) is 9.00. The summed E-state index contributed by atoms with van der Waals surface area (Å²) < 4.78 is 6.39. The van der Waals surface area contributed by atoms with Crippen molar-refractivity contribution in [2.45, 2.75) is 13.5 Å². The van der Waals surface area contributed by atoms with Gasteiger partial charge in [-0.3, -0.25) is 9.59 Å². The van der Waals surface area contributed by atoms with Crippen LogP contribution in [0.4, 0.5) is 5.69 Å². The number of benzene rings is 2. The summed E-state index contributed by atoms with van der Waals surface area (Å²) in [6, 6.07) is 16.5. The van der Waals surface area contributed by atoms with Gasteiger partial charge in [-0.05, 0) is 61.0 Å². The topological polar surface area (TPSA) is 77.4 Å². The Morgan fingerprint density at radius 1 is 1.03 bits per heavy atom. The number of rotatable bonds is 6. The molecule has 0 aliphatic carbocycles. The molecule has 6 nitrogen and oxygen atoms in total. The highest BCUT2D eigenvalue weighted by atomic mass is 35.5. The van der Waals surface area contributed by atoms with Crippen molar-refractivity contribution in [2.75, 3.05) is 11.9 Å². The van der Waals surface area contributed by atoms with E-state index < -0.39 is 17.4 Å². The van der Waals surface area contributed by atoms with Crippen LogP contribution in [0.5, 0.6) is 0 Å². The van der Waals surface area contributed by atoms with E-state index in [0.717, 1.165) is 5.56 Å². The molecule has 0 spiro atoms. The van der Waals surface area contributed by atoms with E-state index in [0.29, 0.717) is 22.8 Å². The van der Waals surface area contributed by atoms with E-state index in [2.05, 4.69) is 5.32 Å². The number of anilines is 1. The maximum Gasteiger partial charge on any atom is 0.338 e. The van der Waals surface area contributed by atoms with Crippen LogP contribution in [-0.2, 0) is 11.3 Å². The van der Waals surface area contributed by atoms with Crippen LogP contribution < -0.4 is 10.9 Å². The third kappa shape index (κ3) is 5.12. The summed E-state index contributed by atoms with van der Waals surface area (Å²) in [5.74, 6) is -0.956. The first-order valence-corrected chi connectivity index (χ1v) is 9.38. The summed E-state index contributed by atoms with van der Waals surface area (Å²) in [6.07, 6.45) is 1.63. The van der Waals surface area contributed by atoms with Crippen molar-refractivity contribution in [3.63, 3.8) is 0 Å². The van der Waals surface area contributed by atoms with Gasteiger partial charge in [-0.1, -0.05) is 23.7 Å². The summed E-state index contributed by atoms with van der Waals surface area (Å²) in [4.78, 5) is 37.0.